The summed E-state index contributed by atoms with van der Waals surface area (Å²) in [4.78, 5) is 11.3. The van der Waals surface area contributed by atoms with E-state index >= 15 is 0 Å². The molecule has 0 radical (unpaired) electrons. The Balaban J connectivity index is 3.94. The van der Waals surface area contributed by atoms with E-state index in [1.165, 1.54) is 0 Å². The van der Waals surface area contributed by atoms with Gasteiger partial charge < -0.3 is 5.11 Å². The number of hydrogen-bond acceptors (Lipinski definition) is 2. The molecule has 66 valence electrons. The Labute approximate surface area is 68.2 Å². The Bertz CT molecular complexity index is 132. The molecule has 0 heterocycles. The van der Waals surface area contributed by atoms with E-state index in [0.717, 1.165) is 6.42 Å². The average molecular weight is 160 g/mol. The predicted octanol–water partition coefficient (Wildman–Crippen LogP) is 0.382. The van der Waals surface area contributed by atoms with Crippen molar-refractivity contribution < 1.29 is 14.4 Å². The molecule has 0 aliphatic carbocycles. The summed E-state index contributed by atoms with van der Waals surface area (Å²) in [5, 5.41) is 8.65. The van der Waals surface area contributed by atoms with E-state index < -0.39 is 0 Å². The molecular formula is C8H18NO2+. The molecule has 0 saturated carbocycles. The van der Waals surface area contributed by atoms with Crippen LogP contribution in [0.1, 0.15) is 19.8 Å². The summed E-state index contributed by atoms with van der Waals surface area (Å²) in [5.41, 5.74) is 0. The van der Waals surface area contributed by atoms with E-state index in [4.69, 9.17) is 5.11 Å². The number of carbonyl (C=O) groups is 1. The van der Waals surface area contributed by atoms with Gasteiger partial charge in [-0.2, -0.15) is 0 Å². The van der Waals surface area contributed by atoms with Crippen molar-refractivity contribution in [3.8, 4) is 0 Å². The van der Waals surface area contributed by atoms with Crippen molar-refractivity contribution in [2.24, 2.45) is 0 Å². The minimum Gasteiger partial charge on any atom is -0.390 e. The first kappa shape index (κ1) is 10.6. The maximum atomic E-state index is 11.3. The molecule has 1 N–H and O–H groups in total. The topological polar surface area (TPSA) is 37.3 Å². The number of nitrogens with zero attached hydrogens (tertiary/aromatic N) is 1. The number of aliphatic hydroxyl groups excluding tert-OH is 1. The monoisotopic (exact) mass is 160 g/mol. The highest BCUT2D eigenvalue weighted by atomic mass is 16.3. The minimum absolute atomic E-state index is 0.0719. The zero-order valence-electron chi connectivity index (χ0n) is 7.63. The molecule has 0 spiro atoms. The molecular weight excluding hydrogens is 142 g/mol. The van der Waals surface area contributed by atoms with Crippen LogP contribution < -0.4 is 0 Å². The number of rotatable bonds is 4. The van der Waals surface area contributed by atoms with Gasteiger partial charge in [0, 0.05) is 0 Å². The van der Waals surface area contributed by atoms with Crippen molar-refractivity contribution in [1.29, 1.82) is 0 Å². The van der Waals surface area contributed by atoms with Gasteiger partial charge in [0.2, 0.25) is 0 Å². The number of amides is 1. The highest BCUT2D eigenvalue weighted by Crippen LogP contribution is 2.02. The first-order valence-electron chi connectivity index (χ1n) is 4.02. The Morgan fingerprint density at radius 3 is 2.36 bits per heavy atom. The molecule has 0 unspecified atom stereocenters. The third-order valence-corrected chi connectivity index (χ3v) is 1.80. The Kier molecular flexibility index (Phi) is 4.30. The van der Waals surface area contributed by atoms with Crippen LogP contribution >= 0.6 is 0 Å². The molecule has 0 aliphatic rings. The first-order valence-corrected chi connectivity index (χ1v) is 4.02. The molecule has 0 aromatic rings. The van der Waals surface area contributed by atoms with E-state index in [1.807, 2.05) is 21.0 Å². The average Bonchev–Trinajstić information content (AvgIpc) is 1.88. The van der Waals surface area contributed by atoms with E-state index in [0.29, 0.717) is 17.4 Å². The van der Waals surface area contributed by atoms with Gasteiger partial charge in [-0.25, -0.2) is 4.79 Å². The fraction of sp³-hybridized carbons (Fsp3) is 0.875. The Morgan fingerprint density at radius 1 is 1.45 bits per heavy atom. The van der Waals surface area contributed by atoms with Crippen LogP contribution in [-0.4, -0.2) is 42.7 Å². The van der Waals surface area contributed by atoms with Crippen molar-refractivity contribution in [1.82, 2.24) is 0 Å². The molecule has 0 fully saturated rings. The van der Waals surface area contributed by atoms with E-state index in [-0.39, 0.29) is 12.5 Å². The molecule has 0 aliphatic heterocycles. The maximum Gasteiger partial charge on any atom is 0.313 e. The van der Waals surface area contributed by atoms with Crippen LogP contribution in [0.3, 0.4) is 0 Å². The van der Waals surface area contributed by atoms with Crippen LogP contribution in [-0.2, 0) is 4.79 Å². The van der Waals surface area contributed by atoms with Gasteiger partial charge in [0.05, 0.1) is 27.1 Å². The molecule has 0 saturated heterocycles. The molecule has 0 aromatic heterocycles. The van der Waals surface area contributed by atoms with Crippen LogP contribution in [0.25, 0.3) is 0 Å². The van der Waals surface area contributed by atoms with Crippen LogP contribution in [0.15, 0.2) is 0 Å². The second-order valence-electron chi connectivity index (χ2n) is 3.28. The molecule has 0 bridgehead atoms. The first-order chi connectivity index (χ1) is 5.04. The molecule has 11 heavy (non-hydrogen) atoms. The standard InChI is InChI=1S/C8H18NO2/c1-4-5-8(11)9(2,3)6-7-10/h10H,4-7H2,1-3H3/q+1. The smallest absolute Gasteiger partial charge is 0.313 e. The molecule has 0 aromatic carbocycles. The zero-order chi connectivity index (χ0) is 8.91. The van der Waals surface area contributed by atoms with Gasteiger partial charge >= 0.3 is 5.91 Å². The maximum absolute atomic E-state index is 11.3. The fourth-order valence-corrected chi connectivity index (χ4v) is 0.891. The lowest BCUT2D eigenvalue weighted by Crippen LogP contribution is -2.47. The Morgan fingerprint density at radius 2 is 2.00 bits per heavy atom. The summed E-state index contributed by atoms with van der Waals surface area (Å²) in [7, 11) is 3.66. The third-order valence-electron chi connectivity index (χ3n) is 1.80. The van der Waals surface area contributed by atoms with Gasteiger partial charge in [-0.1, -0.05) is 6.92 Å². The van der Waals surface area contributed by atoms with Gasteiger partial charge in [-0.15, -0.1) is 0 Å². The lowest BCUT2D eigenvalue weighted by molar-refractivity contribution is -0.814. The molecule has 0 rings (SSSR count). The van der Waals surface area contributed by atoms with Crippen LogP contribution in [0.4, 0.5) is 0 Å². The van der Waals surface area contributed by atoms with Crippen molar-refractivity contribution >= 4 is 5.91 Å². The van der Waals surface area contributed by atoms with E-state index in [9.17, 15) is 4.79 Å². The molecule has 3 nitrogen and oxygen atoms in total. The van der Waals surface area contributed by atoms with Crippen molar-refractivity contribution in [3.05, 3.63) is 0 Å². The van der Waals surface area contributed by atoms with Crippen LogP contribution in [0, 0.1) is 0 Å². The Hall–Kier alpha value is -0.410. The number of likely N-dealkylation sites (N-methyl/N-ethyl adjacent to an activating group) is 1. The van der Waals surface area contributed by atoms with Crippen molar-refractivity contribution in [2.75, 3.05) is 27.2 Å². The zero-order valence-corrected chi connectivity index (χ0v) is 7.63. The highest BCUT2D eigenvalue weighted by molar-refractivity contribution is 5.68. The SMILES string of the molecule is CCCC(=O)[N+](C)(C)CCO. The largest absolute Gasteiger partial charge is 0.390 e. The highest BCUT2D eigenvalue weighted by Gasteiger charge is 2.23. The lowest BCUT2D eigenvalue weighted by atomic mass is 10.3. The number of aliphatic hydroxyl groups is 1. The summed E-state index contributed by atoms with van der Waals surface area (Å²) in [6.07, 6.45) is 1.49. The summed E-state index contributed by atoms with van der Waals surface area (Å²) in [6, 6.07) is 0. The number of carbonyl (C=O) groups excluding carboxylic acids is 1. The van der Waals surface area contributed by atoms with Gasteiger partial charge in [0.25, 0.3) is 0 Å². The van der Waals surface area contributed by atoms with Crippen LogP contribution in [0.5, 0.6) is 0 Å². The fourth-order valence-electron chi connectivity index (χ4n) is 0.891. The van der Waals surface area contributed by atoms with Gasteiger partial charge in [0.1, 0.15) is 6.54 Å². The van der Waals surface area contributed by atoms with E-state index in [2.05, 4.69) is 0 Å². The van der Waals surface area contributed by atoms with Gasteiger partial charge in [-0.3, -0.25) is 4.48 Å². The quantitative estimate of drug-likeness (QED) is 0.604. The molecule has 3 heteroatoms. The summed E-state index contributed by atoms with van der Waals surface area (Å²) < 4.78 is 0.296. The van der Waals surface area contributed by atoms with E-state index in [1.54, 1.807) is 0 Å². The summed E-state index contributed by atoms with van der Waals surface area (Å²) in [5.74, 6) is 0.196. The van der Waals surface area contributed by atoms with Gasteiger partial charge in [0.15, 0.2) is 0 Å². The predicted molar refractivity (Wildman–Crippen MR) is 44.0 cm³/mol. The van der Waals surface area contributed by atoms with Crippen molar-refractivity contribution in [3.63, 3.8) is 0 Å². The lowest BCUT2D eigenvalue weighted by Gasteiger charge is -2.25. The molecule has 0 atom stereocenters. The van der Waals surface area contributed by atoms with Crippen molar-refractivity contribution in [2.45, 2.75) is 19.8 Å². The second-order valence-corrected chi connectivity index (χ2v) is 3.28. The number of quaternary nitrogens is 1. The third kappa shape index (κ3) is 3.49. The second kappa shape index (κ2) is 4.46. The number of hydrogen-bond donors (Lipinski definition) is 1. The minimum atomic E-state index is 0.0719. The molecule has 1 amide bonds. The summed E-state index contributed by atoms with van der Waals surface area (Å²) in [6.45, 7) is 2.57. The van der Waals surface area contributed by atoms with Crippen LogP contribution in [0.2, 0.25) is 0 Å². The normalized spacial score (nSPS) is 11.6. The van der Waals surface area contributed by atoms with Gasteiger partial charge in [-0.05, 0) is 6.42 Å². The summed E-state index contributed by atoms with van der Waals surface area (Å²) >= 11 is 0.